The molecule has 0 radical (unpaired) electrons. The molecule has 3 aromatic carbocycles. The van der Waals surface area contributed by atoms with Crippen molar-refractivity contribution in [2.24, 2.45) is 0 Å². The van der Waals surface area contributed by atoms with Crippen LogP contribution in [0, 0.1) is 0 Å². The number of para-hydroxylation sites is 1. The van der Waals surface area contributed by atoms with Gasteiger partial charge in [-0.05, 0) is 35.9 Å². The Balaban J connectivity index is 1.02. The van der Waals surface area contributed by atoms with E-state index in [1.165, 1.54) is 24.4 Å². The lowest BCUT2D eigenvalue weighted by atomic mass is 9.96. The summed E-state index contributed by atoms with van der Waals surface area (Å²) in [4.78, 5) is 28.5. The van der Waals surface area contributed by atoms with Gasteiger partial charge in [0.2, 0.25) is 6.29 Å². The number of phenolic OH excluding ortho intramolecular Hbond substituents is 1. The number of carbonyl (C=O) groups excluding carboxylic acids is 2. The first-order valence-electron chi connectivity index (χ1n) is 15.9. The lowest BCUT2D eigenvalue weighted by Crippen LogP contribution is -2.62. The molecule has 0 aliphatic carbocycles. The van der Waals surface area contributed by atoms with Gasteiger partial charge in [-0.3, -0.25) is 4.79 Å². The van der Waals surface area contributed by atoms with E-state index >= 15 is 0 Å². The van der Waals surface area contributed by atoms with Crippen molar-refractivity contribution < 1.29 is 68.6 Å². The first-order valence-corrected chi connectivity index (χ1v) is 15.9. The number of rotatable bonds is 9. The molecule has 3 aliphatic heterocycles. The highest BCUT2D eigenvalue weighted by molar-refractivity contribution is 6.04. The van der Waals surface area contributed by atoms with Gasteiger partial charge in [0.1, 0.15) is 54.4 Å². The summed E-state index contributed by atoms with van der Waals surface area (Å²) in [5, 5.41) is 64.0. The Hall–Kier alpha value is -4.58. The molecular weight excluding hydrogens is 658 g/mol. The molecule has 0 spiro atoms. The summed E-state index contributed by atoms with van der Waals surface area (Å²) in [6, 6.07) is 17.8. The summed E-state index contributed by atoms with van der Waals surface area (Å²) in [5.74, 6) is -0.456. The Morgan fingerprint density at radius 3 is 2.56 bits per heavy atom. The maximum Gasteiger partial charge on any atom is 0.340 e. The minimum Gasteiger partial charge on any atom is -0.508 e. The van der Waals surface area contributed by atoms with Gasteiger partial charge in [-0.1, -0.05) is 30.3 Å². The summed E-state index contributed by atoms with van der Waals surface area (Å²) < 4.78 is 34.3. The third-order valence-electron chi connectivity index (χ3n) is 9.09. The first-order chi connectivity index (χ1) is 24.0. The quantitative estimate of drug-likeness (QED) is 0.122. The van der Waals surface area contributed by atoms with Crippen molar-refractivity contribution in [2.75, 3.05) is 19.8 Å². The van der Waals surface area contributed by atoms with Gasteiger partial charge in [-0.15, -0.1) is 0 Å². The third kappa shape index (κ3) is 6.41. The van der Waals surface area contributed by atoms with E-state index in [1.54, 1.807) is 48.5 Å². The molecule has 2 fully saturated rings. The van der Waals surface area contributed by atoms with E-state index in [-0.39, 0.29) is 35.0 Å². The fourth-order valence-electron chi connectivity index (χ4n) is 6.25. The van der Waals surface area contributed by atoms with Crippen molar-refractivity contribution in [3.63, 3.8) is 0 Å². The van der Waals surface area contributed by atoms with Crippen LogP contribution in [0.1, 0.15) is 38.8 Å². The van der Waals surface area contributed by atoms with Crippen LogP contribution >= 0.6 is 0 Å². The van der Waals surface area contributed by atoms with Crippen LogP contribution in [-0.2, 0) is 18.9 Å². The van der Waals surface area contributed by atoms with E-state index in [0.717, 1.165) is 0 Å². The number of esters is 1. The molecule has 264 valence electrons. The number of ether oxygens (including phenoxy) is 6. The van der Waals surface area contributed by atoms with Crippen molar-refractivity contribution in [3.8, 4) is 17.2 Å². The Bertz CT molecular complexity index is 1860. The highest BCUT2D eigenvalue weighted by Crippen LogP contribution is 2.38. The Labute approximate surface area is 284 Å². The predicted molar refractivity (Wildman–Crippen MR) is 169 cm³/mol. The molecule has 7 rings (SSSR count). The highest BCUT2D eigenvalue weighted by atomic mass is 16.8. The number of Topliss-reactive ketones (excluding diaryl/α,β-unsaturated/α-hetero) is 1. The second-order valence-electron chi connectivity index (χ2n) is 12.5. The van der Waals surface area contributed by atoms with E-state index in [1.807, 2.05) is 0 Å². The van der Waals surface area contributed by atoms with E-state index in [9.17, 15) is 40.2 Å². The molecule has 0 saturated carbocycles. The Morgan fingerprint density at radius 1 is 1.00 bits per heavy atom. The zero-order valence-corrected chi connectivity index (χ0v) is 26.3. The van der Waals surface area contributed by atoms with Gasteiger partial charge in [-0.25, -0.2) is 4.79 Å². The summed E-state index contributed by atoms with van der Waals surface area (Å²) in [6.45, 7) is -1.83. The van der Waals surface area contributed by atoms with Crippen molar-refractivity contribution in [1.82, 2.24) is 4.98 Å². The van der Waals surface area contributed by atoms with Crippen LogP contribution in [0.2, 0.25) is 0 Å². The summed E-state index contributed by atoms with van der Waals surface area (Å²) in [6.07, 6.45) is -9.99. The second-order valence-corrected chi connectivity index (χ2v) is 12.5. The minimum absolute atomic E-state index is 0.0382. The van der Waals surface area contributed by atoms with E-state index in [0.29, 0.717) is 22.0 Å². The number of fused-ring (bicyclic) bond motifs is 2. The highest BCUT2D eigenvalue weighted by Gasteiger charge is 2.54. The molecule has 1 aromatic heterocycles. The number of nitrogens with one attached hydrogen (secondary N) is 1. The average Bonchev–Trinajstić information content (AvgIpc) is 3.67. The lowest BCUT2D eigenvalue weighted by Gasteiger charge is -2.42. The van der Waals surface area contributed by atoms with Gasteiger partial charge in [0.05, 0.1) is 30.8 Å². The molecule has 3 aliphatic rings. The number of aromatic hydroxyl groups is 1. The summed E-state index contributed by atoms with van der Waals surface area (Å²) >= 11 is 0. The fraction of sp³-hybridized carbons (Fsp3) is 0.371. The van der Waals surface area contributed by atoms with Gasteiger partial charge in [0, 0.05) is 23.2 Å². The van der Waals surface area contributed by atoms with Crippen LogP contribution in [0.5, 0.6) is 17.2 Å². The van der Waals surface area contributed by atoms with Crippen LogP contribution < -0.4 is 9.47 Å². The number of aromatic nitrogens is 1. The minimum atomic E-state index is -2.09. The van der Waals surface area contributed by atoms with E-state index in [4.69, 9.17) is 28.4 Å². The topological polar surface area (TPSA) is 227 Å². The summed E-state index contributed by atoms with van der Waals surface area (Å²) in [5.41, 5.74) is -0.135. The molecule has 15 nitrogen and oxygen atoms in total. The number of phenols is 1. The van der Waals surface area contributed by atoms with Crippen molar-refractivity contribution in [3.05, 3.63) is 89.6 Å². The molecule has 50 heavy (non-hydrogen) atoms. The molecule has 9 atom stereocenters. The largest absolute Gasteiger partial charge is 0.508 e. The van der Waals surface area contributed by atoms with Gasteiger partial charge in [0.15, 0.2) is 23.8 Å². The second kappa shape index (κ2) is 13.6. The predicted octanol–water partition coefficient (Wildman–Crippen LogP) is 1.09. The summed E-state index contributed by atoms with van der Waals surface area (Å²) in [7, 11) is 0. The molecule has 2 saturated heterocycles. The third-order valence-corrected chi connectivity index (χ3v) is 9.09. The number of aliphatic hydroxyl groups is 5. The zero-order valence-electron chi connectivity index (χ0n) is 26.3. The normalized spacial score (nSPS) is 30.9. The van der Waals surface area contributed by atoms with Crippen molar-refractivity contribution >= 4 is 22.7 Å². The van der Waals surface area contributed by atoms with E-state index < -0.39 is 80.6 Å². The van der Waals surface area contributed by atoms with Crippen LogP contribution in [0.15, 0.2) is 72.9 Å². The molecule has 4 heterocycles. The van der Waals surface area contributed by atoms with Gasteiger partial charge in [0.25, 0.3) is 0 Å². The molecule has 7 N–H and O–H groups in total. The van der Waals surface area contributed by atoms with Crippen molar-refractivity contribution in [1.29, 1.82) is 0 Å². The zero-order chi connectivity index (χ0) is 35.2. The number of aromatic amines is 1. The SMILES string of the molecule is O=C1C[C@@H](c2ccc(O[C@@H]3OC(CO)[C@@H](O)[C@H](O)C3O[C@@H]3OCC(O)(COC(=O)c4c[nH]c5ccccc45)[C@@H]3O)cc2)Oc2cc(O)ccc21. The molecule has 0 amide bonds. The standard InChI is InChI=1S/C35H35NO14/c37-14-27-28(40)29(41)30(50-34-31(42)35(44,16-46-34)15-45-32(43)22-13-36-23-4-2-1-3-20(22)23)33(49-27)47-19-8-5-17(6-9-19)25-12-24(39)21-10-7-18(38)11-26(21)48-25/h1-11,13,25,27-31,33-34,36-38,40-42,44H,12,14-16H2/t25-,27?,28+,29-,30?,31+,33+,34-,35?/m0/s1. The lowest BCUT2D eigenvalue weighted by molar-refractivity contribution is -0.318. The monoisotopic (exact) mass is 693 g/mol. The molecule has 0 bridgehead atoms. The Morgan fingerprint density at radius 2 is 1.78 bits per heavy atom. The number of aliphatic hydroxyl groups excluding tert-OH is 4. The number of ketones is 1. The molecule has 15 heteroatoms. The number of hydrogen-bond donors (Lipinski definition) is 7. The maximum atomic E-state index is 12.8. The van der Waals surface area contributed by atoms with Gasteiger partial charge in [-0.2, -0.15) is 0 Å². The molecular formula is C35H35NO14. The fourth-order valence-corrected chi connectivity index (χ4v) is 6.25. The van der Waals surface area contributed by atoms with Crippen LogP contribution in [-0.4, -0.2) is 116 Å². The van der Waals surface area contributed by atoms with Crippen molar-refractivity contribution in [2.45, 2.75) is 61.2 Å². The number of benzene rings is 3. The molecule has 3 unspecified atom stereocenters. The number of H-pyrrole nitrogens is 1. The first kappa shape index (κ1) is 33.9. The van der Waals surface area contributed by atoms with Gasteiger partial charge < -0.3 is 64.0 Å². The van der Waals surface area contributed by atoms with Crippen LogP contribution in [0.25, 0.3) is 10.9 Å². The van der Waals surface area contributed by atoms with E-state index in [2.05, 4.69) is 4.98 Å². The van der Waals surface area contributed by atoms with Crippen LogP contribution in [0.4, 0.5) is 0 Å². The van der Waals surface area contributed by atoms with Gasteiger partial charge >= 0.3 is 5.97 Å². The number of carbonyl (C=O) groups is 2. The molecule has 4 aromatic rings. The smallest absolute Gasteiger partial charge is 0.340 e. The average molecular weight is 694 g/mol. The maximum absolute atomic E-state index is 12.8. The Kier molecular flexibility index (Phi) is 9.23. The number of hydrogen-bond acceptors (Lipinski definition) is 14. The van der Waals surface area contributed by atoms with Crippen LogP contribution in [0.3, 0.4) is 0 Å².